The maximum Gasteiger partial charge on any atom is 0.0762 e. The van der Waals surface area contributed by atoms with Crippen LogP contribution in [-0.4, -0.2) is 4.99 Å². The molecule has 0 aliphatic rings. The molecule has 1 atom stereocenters. The third-order valence-corrected chi connectivity index (χ3v) is 2.70. The Morgan fingerprint density at radius 2 is 2.00 bits per heavy atom. The maximum absolute atomic E-state index is 5.70. The van der Waals surface area contributed by atoms with Crippen molar-refractivity contribution >= 4 is 17.2 Å². The van der Waals surface area contributed by atoms with Crippen LogP contribution in [0, 0.1) is 5.92 Å². The van der Waals surface area contributed by atoms with Crippen LogP contribution in [0.4, 0.5) is 0 Å². The molecule has 1 aromatic rings. The standard InChI is InChI=1S/C12H17NS/c1-2-6-11(12(13)14)9-10-7-4-3-5-8-10/h3-5,7-8,11H,2,6,9H2,1H3,(H2,13,14). The van der Waals surface area contributed by atoms with Gasteiger partial charge in [-0.05, 0) is 18.4 Å². The summed E-state index contributed by atoms with van der Waals surface area (Å²) in [6, 6.07) is 10.4. The van der Waals surface area contributed by atoms with E-state index in [0.717, 1.165) is 19.3 Å². The average Bonchev–Trinajstić information content (AvgIpc) is 2.18. The third-order valence-electron chi connectivity index (χ3n) is 2.36. The van der Waals surface area contributed by atoms with Crippen molar-refractivity contribution in [2.24, 2.45) is 11.7 Å². The molecule has 1 rings (SSSR count). The second kappa shape index (κ2) is 5.76. The molecule has 14 heavy (non-hydrogen) atoms. The van der Waals surface area contributed by atoms with Crippen molar-refractivity contribution in [2.75, 3.05) is 0 Å². The Balaban J connectivity index is 2.60. The molecule has 0 spiro atoms. The number of nitrogens with two attached hydrogens (primary N) is 1. The van der Waals surface area contributed by atoms with Crippen molar-refractivity contribution in [3.63, 3.8) is 0 Å². The van der Waals surface area contributed by atoms with Crippen LogP contribution >= 0.6 is 12.2 Å². The molecule has 0 saturated carbocycles. The first-order valence-corrected chi connectivity index (χ1v) is 5.48. The van der Waals surface area contributed by atoms with Gasteiger partial charge in [-0.1, -0.05) is 55.9 Å². The van der Waals surface area contributed by atoms with Crippen LogP contribution in [0.25, 0.3) is 0 Å². The van der Waals surface area contributed by atoms with E-state index in [2.05, 4.69) is 31.2 Å². The summed E-state index contributed by atoms with van der Waals surface area (Å²) in [5, 5.41) is 0. The molecule has 1 unspecified atom stereocenters. The largest absolute Gasteiger partial charge is 0.393 e. The molecule has 2 N–H and O–H groups in total. The predicted molar refractivity (Wildman–Crippen MR) is 65.3 cm³/mol. The molecule has 0 aliphatic carbocycles. The van der Waals surface area contributed by atoms with Crippen LogP contribution < -0.4 is 5.73 Å². The van der Waals surface area contributed by atoms with Crippen molar-refractivity contribution in [3.8, 4) is 0 Å². The van der Waals surface area contributed by atoms with Crippen LogP contribution in [0.2, 0.25) is 0 Å². The zero-order valence-corrected chi connectivity index (χ0v) is 9.39. The maximum atomic E-state index is 5.70. The van der Waals surface area contributed by atoms with Crippen LogP contribution in [0.1, 0.15) is 25.3 Å². The Morgan fingerprint density at radius 1 is 1.36 bits per heavy atom. The second-order valence-corrected chi connectivity index (χ2v) is 4.05. The van der Waals surface area contributed by atoms with Crippen molar-refractivity contribution in [2.45, 2.75) is 26.2 Å². The normalized spacial score (nSPS) is 12.4. The molecule has 1 aromatic carbocycles. The lowest BCUT2D eigenvalue weighted by atomic mass is 9.95. The number of hydrogen-bond acceptors (Lipinski definition) is 1. The lowest BCUT2D eigenvalue weighted by Gasteiger charge is -2.14. The van der Waals surface area contributed by atoms with Gasteiger partial charge in [0.25, 0.3) is 0 Å². The molecule has 2 heteroatoms. The topological polar surface area (TPSA) is 26.0 Å². The highest BCUT2D eigenvalue weighted by atomic mass is 32.1. The van der Waals surface area contributed by atoms with Crippen molar-refractivity contribution in [3.05, 3.63) is 35.9 Å². The second-order valence-electron chi connectivity index (χ2n) is 3.58. The van der Waals surface area contributed by atoms with E-state index in [-0.39, 0.29) is 0 Å². The fourth-order valence-electron chi connectivity index (χ4n) is 1.59. The van der Waals surface area contributed by atoms with Crippen molar-refractivity contribution < 1.29 is 0 Å². The molecule has 0 aromatic heterocycles. The van der Waals surface area contributed by atoms with Crippen LogP contribution in [0.15, 0.2) is 30.3 Å². The quantitative estimate of drug-likeness (QED) is 0.751. The lowest BCUT2D eigenvalue weighted by Crippen LogP contribution is -2.23. The van der Waals surface area contributed by atoms with E-state index in [4.69, 9.17) is 18.0 Å². The minimum atomic E-state index is 0.359. The molecular weight excluding hydrogens is 190 g/mol. The minimum Gasteiger partial charge on any atom is -0.393 e. The lowest BCUT2D eigenvalue weighted by molar-refractivity contribution is 0.612. The number of benzene rings is 1. The van der Waals surface area contributed by atoms with Gasteiger partial charge in [-0.2, -0.15) is 0 Å². The van der Waals surface area contributed by atoms with Gasteiger partial charge in [0.05, 0.1) is 4.99 Å². The van der Waals surface area contributed by atoms with Gasteiger partial charge < -0.3 is 5.73 Å². The third kappa shape index (κ3) is 3.46. The molecule has 1 nitrogen and oxygen atoms in total. The summed E-state index contributed by atoms with van der Waals surface area (Å²) >= 11 is 5.06. The smallest absolute Gasteiger partial charge is 0.0762 e. The fraction of sp³-hybridized carbons (Fsp3) is 0.417. The van der Waals surface area contributed by atoms with E-state index in [9.17, 15) is 0 Å². The van der Waals surface area contributed by atoms with E-state index >= 15 is 0 Å². The van der Waals surface area contributed by atoms with E-state index in [0.29, 0.717) is 10.9 Å². The molecule has 0 radical (unpaired) electrons. The molecule has 0 bridgehead atoms. The predicted octanol–water partition coefficient (Wildman–Crippen LogP) is 2.93. The van der Waals surface area contributed by atoms with Crippen LogP contribution in [0.5, 0.6) is 0 Å². The minimum absolute atomic E-state index is 0.359. The average molecular weight is 207 g/mol. The molecule has 0 aliphatic heterocycles. The fourth-order valence-corrected chi connectivity index (χ4v) is 1.79. The first-order chi connectivity index (χ1) is 6.74. The van der Waals surface area contributed by atoms with E-state index < -0.39 is 0 Å². The van der Waals surface area contributed by atoms with E-state index in [1.807, 2.05) is 6.07 Å². The van der Waals surface area contributed by atoms with Gasteiger partial charge in [0.1, 0.15) is 0 Å². The Labute approximate surface area is 91.3 Å². The molecule has 0 fully saturated rings. The van der Waals surface area contributed by atoms with Gasteiger partial charge in [-0.3, -0.25) is 0 Å². The number of thiocarbonyl (C=S) groups is 1. The summed E-state index contributed by atoms with van der Waals surface area (Å²) in [4.78, 5) is 0.649. The summed E-state index contributed by atoms with van der Waals surface area (Å²) < 4.78 is 0. The highest BCUT2D eigenvalue weighted by Crippen LogP contribution is 2.14. The molecule has 0 heterocycles. The Morgan fingerprint density at radius 3 is 2.50 bits per heavy atom. The number of hydrogen-bond donors (Lipinski definition) is 1. The highest BCUT2D eigenvalue weighted by Gasteiger charge is 2.10. The molecule has 0 saturated heterocycles. The summed E-state index contributed by atoms with van der Waals surface area (Å²) in [6.07, 6.45) is 3.20. The SMILES string of the molecule is CCCC(Cc1ccccc1)C(N)=S. The van der Waals surface area contributed by atoms with Crippen molar-refractivity contribution in [1.29, 1.82) is 0 Å². The molecule has 76 valence electrons. The summed E-state index contributed by atoms with van der Waals surface area (Å²) in [5.41, 5.74) is 7.02. The zero-order chi connectivity index (χ0) is 10.4. The molecule has 0 amide bonds. The summed E-state index contributed by atoms with van der Waals surface area (Å²) in [7, 11) is 0. The number of rotatable bonds is 5. The van der Waals surface area contributed by atoms with Gasteiger partial charge in [0.15, 0.2) is 0 Å². The Hall–Kier alpha value is -0.890. The highest BCUT2D eigenvalue weighted by molar-refractivity contribution is 7.80. The van der Waals surface area contributed by atoms with Gasteiger partial charge in [-0.15, -0.1) is 0 Å². The van der Waals surface area contributed by atoms with E-state index in [1.165, 1.54) is 5.56 Å². The first-order valence-electron chi connectivity index (χ1n) is 5.07. The summed E-state index contributed by atoms with van der Waals surface area (Å²) in [6.45, 7) is 2.16. The van der Waals surface area contributed by atoms with Gasteiger partial charge >= 0.3 is 0 Å². The first kappa shape index (κ1) is 11.2. The Kier molecular flexibility index (Phi) is 4.60. The Bertz CT molecular complexity index is 282. The zero-order valence-electron chi connectivity index (χ0n) is 8.57. The van der Waals surface area contributed by atoms with E-state index in [1.54, 1.807) is 0 Å². The summed E-state index contributed by atoms with van der Waals surface area (Å²) in [5.74, 6) is 0.359. The van der Waals surface area contributed by atoms with Gasteiger partial charge in [0, 0.05) is 5.92 Å². The van der Waals surface area contributed by atoms with Gasteiger partial charge in [-0.25, -0.2) is 0 Å². The van der Waals surface area contributed by atoms with Gasteiger partial charge in [0.2, 0.25) is 0 Å². The monoisotopic (exact) mass is 207 g/mol. The molecular formula is C12H17NS. The van der Waals surface area contributed by atoms with Crippen molar-refractivity contribution in [1.82, 2.24) is 0 Å². The van der Waals surface area contributed by atoms with Crippen LogP contribution in [-0.2, 0) is 6.42 Å². The van der Waals surface area contributed by atoms with Crippen LogP contribution in [0.3, 0.4) is 0 Å².